The molecule has 0 spiro atoms. The molecule has 1 aliphatic rings. The number of hydrogen-bond acceptors (Lipinski definition) is 3. The summed E-state index contributed by atoms with van der Waals surface area (Å²) >= 11 is 0. The minimum atomic E-state index is -0.389. The molecule has 0 fully saturated rings. The maximum atomic E-state index is 15.0. The van der Waals surface area contributed by atoms with Gasteiger partial charge in [0.15, 0.2) is 0 Å². The molecule has 0 saturated heterocycles. The van der Waals surface area contributed by atoms with Crippen molar-refractivity contribution in [1.82, 2.24) is 9.55 Å². The first-order valence-electron chi connectivity index (χ1n) is 9.56. The molecule has 0 radical (unpaired) electrons. The van der Waals surface area contributed by atoms with Gasteiger partial charge in [-0.1, -0.05) is 6.07 Å². The highest BCUT2D eigenvalue weighted by molar-refractivity contribution is 5.96. The Labute approximate surface area is 168 Å². The Morgan fingerprint density at radius 2 is 1.86 bits per heavy atom. The fourth-order valence-electron chi connectivity index (χ4n) is 3.87. The van der Waals surface area contributed by atoms with Crippen molar-refractivity contribution in [2.24, 2.45) is 0 Å². The first kappa shape index (κ1) is 19.1. The zero-order valence-electron chi connectivity index (χ0n) is 16.7. The van der Waals surface area contributed by atoms with Gasteiger partial charge in [0.1, 0.15) is 5.82 Å². The van der Waals surface area contributed by atoms with E-state index in [1.807, 2.05) is 26.0 Å². The molecule has 0 bridgehead atoms. The molecular weight excluding hydrogens is 369 g/mol. The zero-order valence-corrected chi connectivity index (χ0v) is 16.7. The highest BCUT2D eigenvalue weighted by Gasteiger charge is 2.24. The molecule has 0 unspecified atom stereocenters. The summed E-state index contributed by atoms with van der Waals surface area (Å²) in [6.07, 6.45) is 4.39. The summed E-state index contributed by atoms with van der Waals surface area (Å²) in [5.74, 6) is -0.395. The van der Waals surface area contributed by atoms with E-state index in [-0.39, 0.29) is 17.3 Å². The van der Waals surface area contributed by atoms with Gasteiger partial charge in [0.2, 0.25) is 5.91 Å². The number of carbonyl (C=O) groups is 1. The number of aromatic nitrogens is 2. The normalized spacial score (nSPS) is 13.5. The van der Waals surface area contributed by atoms with Gasteiger partial charge in [0.05, 0.1) is 6.54 Å². The lowest BCUT2D eigenvalue weighted by Crippen LogP contribution is -2.31. The molecule has 0 saturated carbocycles. The standard InChI is InChI=1S/C23H22FN3O2/c1-14-5-4-6-23(29)27(14)13-17-11-25-12-19(15(17)2)18-9-16-7-8-22(28)26(3)21(16)10-20(18)24/h4-6,9-12H,7-8,13H2,1-3H3. The quantitative estimate of drug-likeness (QED) is 0.685. The summed E-state index contributed by atoms with van der Waals surface area (Å²) in [7, 11) is 1.67. The van der Waals surface area contributed by atoms with Crippen LogP contribution in [0.2, 0.25) is 0 Å². The molecule has 1 aromatic carbocycles. The van der Waals surface area contributed by atoms with Crippen LogP contribution in [0.5, 0.6) is 0 Å². The van der Waals surface area contributed by atoms with Crippen molar-refractivity contribution in [1.29, 1.82) is 0 Å². The molecule has 1 aliphatic heterocycles. The topological polar surface area (TPSA) is 55.2 Å². The molecule has 0 aliphatic carbocycles. The van der Waals surface area contributed by atoms with Crippen molar-refractivity contribution in [3.8, 4) is 11.1 Å². The first-order chi connectivity index (χ1) is 13.9. The molecule has 2 aromatic heterocycles. The Morgan fingerprint density at radius 1 is 1.07 bits per heavy atom. The fourth-order valence-corrected chi connectivity index (χ4v) is 3.87. The summed E-state index contributed by atoms with van der Waals surface area (Å²) in [5.41, 5.74) is 5.26. The average Bonchev–Trinajstić information content (AvgIpc) is 2.69. The summed E-state index contributed by atoms with van der Waals surface area (Å²) in [5, 5.41) is 0. The van der Waals surface area contributed by atoms with E-state index in [1.165, 1.54) is 17.0 Å². The molecule has 4 rings (SSSR count). The second-order valence-electron chi connectivity index (χ2n) is 7.48. The number of pyridine rings is 2. The SMILES string of the molecule is Cc1c(Cn2c(C)cccc2=O)cncc1-c1cc2c(cc1F)N(C)C(=O)CC2. The number of amides is 1. The molecule has 148 valence electrons. The number of rotatable bonds is 3. The van der Waals surface area contributed by atoms with Crippen molar-refractivity contribution >= 4 is 11.6 Å². The van der Waals surface area contributed by atoms with Crippen LogP contribution in [-0.2, 0) is 17.8 Å². The molecule has 0 N–H and O–H groups in total. The predicted molar refractivity (Wildman–Crippen MR) is 111 cm³/mol. The molecule has 0 atom stereocenters. The van der Waals surface area contributed by atoms with Crippen LogP contribution >= 0.6 is 0 Å². The van der Waals surface area contributed by atoms with Crippen molar-refractivity contribution < 1.29 is 9.18 Å². The largest absolute Gasteiger partial charge is 0.315 e. The Hall–Kier alpha value is -3.28. The van der Waals surface area contributed by atoms with Crippen LogP contribution in [-0.4, -0.2) is 22.5 Å². The van der Waals surface area contributed by atoms with Crippen LogP contribution in [0.15, 0.2) is 47.5 Å². The van der Waals surface area contributed by atoms with E-state index < -0.39 is 0 Å². The number of aryl methyl sites for hydroxylation is 2. The third-order valence-corrected chi connectivity index (χ3v) is 5.72. The number of carbonyl (C=O) groups excluding carboxylic acids is 1. The van der Waals surface area contributed by atoms with E-state index >= 15 is 4.39 Å². The highest BCUT2D eigenvalue weighted by Crippen LogP contribution is 2.35. The van der Waals surface area contributed by atoms with Gasteiger partial charge >= 0.3 is 0 Å². The van der Waals surface area contributed by atoms with Gasteiger partial charge in [-0.15, -0.1) is 0 Å². The highest BCUT2D eigenvalue weighted by atomic mass is 19.1. The predicted octanol–water partition coefficient (Wildman–Crippen LogP) is 3.62. The monoisotopic (exact) mass is 391 g/mol. The molecule has 3 aromatic rings. The van der Waals surface area contributed by atoms with E-state index in [2.05, 4.69) is 4.98 Å². The van der Waals surface area contributed by atoms with E-state index in [0.29, 0.717) is 36.2 Å². The summed E-state index contributed by atoms with van der Waals surface area (Å²) in [6, 6.07) is 8.40. The van der Waals surface area contributed by atoms with E-state index in [4.69, 9.17) is 0 Å². The summed E-state index contributed by atoms with van der Waals surface area (Å²) in [6.45, 7) is 4.18. The first-order valence-corrected chi connectivity index (χ1v) is 9.56. The van der Waals surface area contributed by atoms with Crippen LogP contribution in [0.3, 0.4) is 0 Å². The molecule has 3 heterocycles. The van der Waals surface area contributed by atoms with Crippen molar-refractivity contribution in [3.63, 3.8) is 0 Å². The molecule has 29 heavy (non-hydrogen) atoms. The van der Waals surface area contributed by atoms with Crippen molar-refractivity contribution in [2.45, 2.75) is 33.2 Å². The smallest absolute Gasteiger partial charge is 0.251 e. The maximum absolute atomic E-state index is 15.0. The van der Waals surface area contributed by atoms with Gasteiger partial charge in [-0.3, -0.25) is 14.6 Å². The second kappa shape index (κ2) is 7.28. The third-order valence-electron chi connectivity index (χ3n) is 5.72. The number of fused-ring (bicyclic) bond motifs is 1. The van der Waals surface area contributed by atoms with Gasteiger partial charge in [0, 0.05) is 54.4 Å². The van der Waals surface area contributed by atoms with Crippen LogP contribution in [0.4, 0.5) is 10.1 Å². The number of benzene rings is 1. The lowest BCUT2D eigenvalue weighted by molar-refractivity contribution is -0.118. The summed E-state index contributed by atoms with van der Waals surface area (Å²) < 4.78 is 16.7. The molecule has 1 amide bonds. The van der Waals surface area contributed by atoms with Gasteiger partial charge in [-0.25, -0.2) is 4.39 Å². The fraction of sp³-hybridized carbons (Fsp3) is 0.261. The molecule has 5 nitrogen and oxygen atoms in total. The third kappa shape index (κ3) is 3.35. The Balaban J connectivity index is 1.79. The van der Waals surface area contributed by atoms with E-state index in [9.17, 15) is 9.59 Å². The molecule has 6 heteroatoms. The Kier molecular flexibility index (Phi) is 4.78. The maximum Gasteiger partial charge on any atom is 0.251 e. The van der Waals surface area contributed by atoms with Gasteiger partial charge < -0.3 is 9.47 Å². The van der Waals surface area contributed by atoms with Crippen LogP contribution < -0.4 is 10.5 Å². The average molecular weight is 391 g/mol. The Bertz CT molecular complexity index is 1180. The van der Waals surface area contributed by atoms with E-state index in [1.54, 1.807) is 30.1 Å². The van der Waals surface area contributed by atoms with Crippen LogP contribution in [0.25, 0.3) is 11.1 Å². The number of nitrogens with zero attached hydrogens (tertiary/aromatic N) is 3. The van der Waals surface area contributed by atoms with Crippen molar-refractivity contribution in [3.05, 3.63) is 81.3 Å². The van der Waals surface area contributed by atoms with Gasteiger partial charge in [0.25, 0.3) is 5.56 Å². The Morgan fingerprint density at radius 3 is 2.62 bits per heavy atom. The van der Waals surface area contributed by atoms with Crippen molar-refractivity contribution in [2.75, 3.05) is 11.9 Å². The number of hydrogen-bond donors (Lipinski definition) is 0. The van der Waals surface area contributed by atoms with E-state index in [0.717, 1.165) is 22.4 Å². The minimum Gasteiger partial charge on any atom is -0.315 e. The zero-order chi connectivity index (χ0) is 20.7. The minimum absolute atomic E-state index is 0.00633. The molecular formula is C23H22FN3O2. The van der Waals surface area contributed by atoms with Gasteiger partial charge in [-0.2, -0.15) is 0 Å². The van der Waals surface area contributed by atoms with Crippen LogP contribution in [0.1, 0.15) is 28.8 Å². The second-order valence-corrected chi connectivity index (χ2v) is 7.48. The number of anilines is 1. The van der Waals surface area contributed by atoms with Gasteiger partial charge in [-0.05, 0) is 55.2 Å². The lowest BCUT2D eigenvalue weighted by atomic mass is 9.93. The summed E-state index contributed by atoms with van der Waals surface area (Å²) in [4.78, 5) is 30.0. The number of halogens is 1. The lowest BCUT2D eigenvalue weighted by Gasteiger charge is -2.26. The van der Waals surface area contributed by atoms with Crippen LogP contribution in [0, 0.1) is 19.7 Å².